The lowest BCUT2D eigenvalue weighted by atomic mass is 9.97. The second-order valence-corrected chi connectivity index (χ2v) is 5.85. The topological polar surface area (TPSA) is 53.6 Å². The van der Waals surface area contributed by atoms with Crippen LogP contribution < -0.4 is 15.5 Å². The van der Waals surface area contributed by atoms with Crippen LogP contribution in [0.15, 0.2) is 24.3 Å². The predicted molar refractivity (Wildman–Crippen MR) is 83.6 cm³/mol. The summed E-state index contributed by atoms with van der Waals surface area (Å²) in [6, 6.07) is 8.03. The van der Waals surface area contributed by atoms with Crippen molar-refractivity contribution in [2.45, 2.75) is 6.92 Å². The number of nitrogens with zero attached hydrogens (tertiary/aromatic N) is 1. The Morgan fingerprint density at radius 3 is 2.76 bits per heavy atom. The highest BCUT2D eigenvalue weighted by Gasteiger charge is 2.30. The number of hydrogen-bond acceptors (Lipinski definition) is 4. The van der Waals surface area contributed by atoms with Gasteiger partial charge in [0.25, 0.3) is 0 Å². The van der Waals surface area contributed by atoms with Crippen LogP contribution in [0.5, 0.6) is 0 Å². The highest BCUT2D eigenvalue weighted by molar-refractivity contribution is 5.96. The molecule has 1 aromatic rings. The van der Waals surface area contributed by atoms with Crippen molar-refractivity contribution < 1.29 is 9.53 Å². The van der Waals surface area contributed by atoms with Crippen molar-refractivity contribution in [2.24, 2.45) is 11.8 Å². The number of carbonyl (C=O) groups is 1. The van der Waals surface area contributed by atoms with Gasteiger partial charge in [-0.25, -0.2) is 0 Å². The van der Waals surface area contributed by atoms with Gasteiger partial charge in [-0.2, -0.15) is 0 Å². The van der Waals surface area contributed by atoms with E-state index >= 15 is 0 Å². The number of hydrogen-bond donors (Lipinski definition) is 2. The minimum atomic E-state index is 0.0581. The summed E-state index contributed by atoms with van der Waals surface area (Å²) >= 11 is 0. The monoisotopic (exact) mass is 289 g/mol. The Bertz CT molecular complexity index is 500. The summed E-state index contributed by atoms with van der Waals surface area (Å²) in [6.07, 6.45) is 0. The molecule has 3 rings (SSSR count). The lowest BCUT2D eigenvalue weighted by molar-refractivity contribution is -0.120. The molecule has 0 aromatic heterocycles. The standard InChI is InChI=1S/C16H23N3O2/c1-12-10-17-11-13(12)16(20)18-14-4-2-3-5-15(14)19-6-8-21-9-7-19/h2-5,12-13,17H,6-11H2,1H3,(H,18,20)/t12-,13-/m1/s1. The van der Waals surface area contributed by atoms with Gasteiger partial charge >= 0.3 is 0 Å². The third kappa shape index (κ3) is 3.19. The fourth-order valence-electron chi connectivity index (χ4n) is 3.05. The molecule has 0 bridgehead atoms. The van der Waals surface area contributed by atoms with E-state index < -0.39 is 0 Å². The van der Waals surface area contributed by atoms with Crippen LogP contribution in [0.3, 0.4) is 0 Å². The molecule has 2 N–H and O–H groups in total. The third-order valence-corrected chi connectivity index (χ3v) is 4.37. The van der Waals surface area contributed by atoms with E-state index in [4.69, 9.17) is 4.74 Å². The molecule has 0 radical (unpaired) electrons. The highest BCUT2D eigenvalue weighted by atomic mass is 16.5. The maximum Gasteiger partial charge on any atom is 0.229 e. The number of nitrogens with one attached hydrogen (secondary N) is 2. The Kier molecular flexibility index (Phi) is 4.41. The molecule has 2 fully saturated rings. The molecule has 0 spiro atoms. The van der Waals surface area contributed by atoms with Crippen molar-refractivity contribution >= 4 is 17.3 Å². The molecule has 1 aromatic carbocycles. The van der Waals surface area contributed by atoms with E-state index in [-0.39, 0.29) is 11.8 Å². The quantitative estimate of drug-likeness (QED) is 0.881. The number of amides is 1. The molecule has 0 aliphatic carbocycles. The Labute approximate surface area is 125 Å². The van der Waals surface area contributed by atoms with Crippen molar-refractivity contribution in [1.82, 2.24) is 5.32 Å². The molecule has 2 aliphatic rings. The summed E-state index contributed by atoms with van der Waals surface area (Å²) in [5.74, 6) is 0.566. The number of carbonyl (C=O) groups excluding carboxylic acids is 1. The van der Waals surface area contributed by atoms with E-state index in [2.05, 4.69) is 28.5 Å². The Hall–Kier alpha value is -1.59. The molecule has 21 heavy (non-hydrogen) atoms. The van der Waals surface area contributed by atoms with E-state index in [9.17, 15) is 4.79 Å². The maximum atomic E-state index is 12.5. The fourth-order valence-corrected chi connectivity index (χ4v) is 3.05. The van der Waals surface area contributed by atoms with E-state index in [1.165, 1.54) is 0 Å². The number of benzene rings is 1. The van der Waals surface area contributed by atoms with Crippen molar-refractivity contribution in [1.29, 1.82) is 0 Å². The van der Waals surface area contributed by atoms with Crippen molar-refractivity contribution in [3.63, 3.8) is 0 Å². The van der Waals surface area contributed by atoms with Crippen LogP contribution >= 0.6 is 0 Å². The van der Waals surface area contributed by atoms with Crippen LogP contribution in [-0.2, 0) is 9.53 Å². The van der Waals surface area contributed by atoms with Gasteiger partial charge in [0.1, 0.15) is 0 Å². The second kappa shape index (κ2) is 6.45. The number of anilines is 2. The minimum absolute atomic E-state index is 0.0581. The molecule has 2 aliphatic heterocycles. The number of para-hydroxylation sites is 2. The highest BCUT2D eigenvalue weighted by Crippen LogP contribution is 2.27. The van der Waals surface area contributed by atoms with Gasteiger partial charge in [-0.3, -0.25) is 4.79 Å². The van der Waals surface area contributed by atoms with E-state index in [0.29, 0.717) is 5.92 Å². The van der Waals surface area contributed by atoms with Gasteiger partial charge in [0, 0.05) is 19.6 Å². The molecular weight excluding hydrogens is 266 g/mol. The Balaban J connectivity index is 1.74. The predicted octanol–water partition coefficient (Wildman–Crippen LogP) is 1.32. The first-order valence-electron chi connectivity index (χ1n) is 7.69. The fraction of sp³-hybridized carbons (Fsp3) is 0.562. The molecule has 2 saturated heterocycles. The largest absolute Gasteiger partial charge is 0.378 e. The van der Waals surface area contributed by atoms with Crippen LogP contribution in [0.2, 0.25) is 0 Å². The molecule has 2 atom stereocenters. The first-order valence-corrected chi connectivity index (χ1v) is 7.69. The maximum absolute atomic E-state index is 12.5. The Morgan fingerprint density at radius 1 is 1.29 bits per heavy atom. The zero-order valence-corrected chi connectivity index (χ0v) is 12.5. The lowest BCUT2D eigenvalue weighted by Crippen LogP contribution is -2.37. The summed E-state index contributed by atoms with van der Waals surface area (Å²) < 4.78 is 5.40. The minimum Gasteiger partial charge on any atom is -0.378 e. The summed E-state index contributed by atoms with van der Waals surface area (Å²) in [6.45, 7) is 7.04. The molecule has 1 amide bonds. The lowest BCUT2D eigenvalue weighted by Gasteiger charge is -2.30. The van der Waals surface area contributed by atoms with Gasteiger partial charge in [0.15, 0.2) is 0 Å². The average Bonchev–Trinajstić information content (AvgIpc) is 2.95. The van der Waals surface area contributed by atoms with Crippen LogP contribution in [-0.4, -0.2) is 45.3 Å². The van der Waals surface area contributed by atoms with Crippen LogP contribution in [0.25, 0.3) is 0 Å². The van der Waals surface area contributed by atoms with Gasteiger partial charge in [0.05, 0.1) is 30.5 Å². The van der Waals surface area contributed by atoms with Crippen LogP contribution in [0, 0.1) is 11.8 Å². The zero-order valence-electron chi connectivity index (χ0n) is 12.5. The molecule has 0 saturated carbocycles. The van der Waals surface area contributed by atoms with Crippen molar-refractivity contribution in [3.8, 4) is 0 Å². The van der Waals surface area contributed by atoms with E-state index in [1.807, 2.05) is 18.2 Å². The van der Waals surface area contributed by atoms with Crippen LogP contribution in [0.4, 0.5) is 11.4 Å². The summed E-state index contributed by atoms with van der Waals surface area (Å²) in [5, 5.41) is 6.40. The molecule has 5 heteroatoms. The van der Waals surface area contributed by atoms with Gasteiger partial charge in [-0.15, -0.1) is 0 Å². The second-order valence-electron chi connectivity index (χ2n) is 5.85. The number of rotatable bonds is 3. The first kappa shape index (κ1) is 14.4. The molecule has 2 heterocycles. The summed E-state index contributed by atoms with van der Waals surface area (Å²) in [7, 11) is 0. The molecule has 5 nitrogen and oxygen atoms in total. The van der Waals surface area contributed by atoms with Gasteiger partial charge in [-0.1, -0.05) is 19.1 Å². The Morgan fingerprint density at radius 2 is 2.05 bits per heavy atom. The van der Waals surface area contributed by atoms with Gasteiger partial charge in [-0.05, 0) is 24.6 Å². The SMILES string of the molecule is C[C@@H]1CNC[C@H]1C(=O)Nc1ccccc1N1CCOCC1. The average molecular weight is 289 g/mol. The first-order chi connectivity index (χ1) is 10.3. The van der Waals surface area contributed by atoms with Crippen molar-refractivity contribution in [2.75, 3.05) is 49.6 Å². The zero-order chi connectivity index (χ0) is 14.7. The molecule has 114 valence electrons. The van der Waals surface area contributed by atoms with Gasteiger partial charge in [0.2, 0.25) is 5.91 Å². The summed E-state index contributed by atoms with van der Waals surface area (Å²) in [5.41, 5.74) is 2.00. The third-order valence-electron chi connectivity index (χ3n) is 4.37. The normalized spacial score (nSPS) is 25.9. The van der Waals surface area contributed by atoms with Gasteiger partial charge < -0.3 is 20.3 Å². The van der Waals surface area contributed by atoms with Crippen molar-refractivity contribution in [3.05, 3.63) is 24.3 Å². The molecule has 0 unspecified atom stereocenters. The van der Waals surface area contributed by atoms with E-state index in [1.54, 1.807) is 0 Å². The number of ether oxygens (including phenoxy) is 1. The van der Waals surface area contributed by atoms with E-state index in [0.717, 1.165) is 50.8 Å². The molecular formula is C16H23N3O2. The summed E-state index contributed by atoms with van der Waals surface area (Å²) in [4.78, 5) is 14.7. The van der Waals surface area contributed by atoms with Crippen LogP contribution in [0.1, 0.15) is 6.92 Å². The number of morpholine rings is 1. The smallest absolute Gasteiger partial charge is 0.229 e.